The molecule has 1 amide bonds. The van der Waals surface area contributed by atoms with Gasteiger partial charge in [0.15, 0.2) is 5.16 Å². The Balaban J connectivity index is 1.60. The van der Waals surface area contributed by atoms with Crippen LogP contribution in [0, 0.1) is 6.92 Å². The minimum absolute atomic E-state index is 0.0212. The Morgan fingerprint density at radius 2 is 1.94 bits per heavy atom. The summed E-state index contributed by atoms with van der Waals surface area (Å²) in [6, 6.07) is 15.6. The molecule has 168 valence electrons. The maximum Gasteiger partial charge on any atom is 0.255 e. The summed E-state index contributed by atoms with van der Waals surface area (Å²) < 4.78 is 5.24. The Morgan fingerprint density at radius 1 is 1.16 bits per heavy atom. The van der Waals surface area contributed by atoms with Crippen LogP contribution in [0.2, 0.25) is 0 Å². The molecule has 0 bridgehead atoms. The number of ether oxygens (including phenoxy) is 1. The van der Waals surface area contributed by atoms with E-state index in [2.05, 4.69) is 22.2 Å². The lowest BCUT2D eigenvalue weighted by Gasteiger charge is -2.09. The number of methoxy groups -OCH3 is 1. The van der Waals surface area contributed by atoms with Crippen LogP contribution in [-0.2, 0) is 23.4 Å². The lowest BCUT2D eigenvalue weighted by Crippen LogP contribution is -2.23. The first-order valence-corrected chi connectivity index (χ1v) is 11.7. The highest BCUT2D eigenvalue weighted by atomic mass is 32.2. The third kappa shape index (κ3) is 6.72. The second-order valence-corrected chi connectivity index (χ2v) is 8.56. The first-order valence-electron chi connectivity index (χ1n) is 10.7. The number of anilines is 1. The summed E-state index contributed by atoms with van der Waals surface area (Å²) in [6.07, 6.45) is 3.31. The van der Waals surface area contributed by atoms with Crippen molar-refractivity contribution in [1.82, 2.24) is 9.97 Å². The number of thioether (sulfide) groups is 1. The van der Waals surface area contributed by atoms with Gasteiger partial charge in [0.2, 0.25) is 5.91 Å². The molecule has 0 aliphatic rings. The van der Waals surface area contributed by atoms with Gasteiger partial charge in [-0.2, -0.15) is 0 Å². The van der Waals surface area contributed by atoms with Gasteiger partial charge in [-0.25, -0.2) is 4.98 Å². The molecule has 0 spiro atoms. The number of aromatic nitrogens is 2. The van der Waals surface area contributed by atoms with Crippen molar-refractivity contribution >= 4 is 23.4 Å². The number of aromatic amines is 1. The Hall–Kier alpha value is -3.06. The van der Waals surface area contributed by atoms with Gasteiger partial charge in [0.1, 0.15) is 5.75 Å². The minimum Gasteiger partial charge on any atom is -0.497 e. The molecule has 0 unspecified atom stereocenters. The number of hydrogen-bond donors (Lipinski definition) is 2. The number of hydrogen-bond acceptors (Lipinski definition) is 5. The summed E-state index contributed by atoms with van der Waals surface area (Å²) in [5, 5.41) is 3.39. The first kappa shape index (κ1) is 23.6. The second-order valence-electron chi connectivity index (χ2n) is 7.60. The van der Waals surface area contributed by atoms with E-state index in [1.165, 1.54) is 17.3 Å². The van der Waals surface area contributed by atoms with E-state index in [0.29, 0.717) is 22.2 Å². The molecule has 0 saturated carbocycles. The van der Waals surface area contributed by atoms with E-state index in [1.807, 2.05) is 48.5 Å². The minimum atomic E-state index is -0.282. The molecule has 0 aliphatic carbocycles. The van der Waals surface area contributed by atoms with E-state index in [0.717, 1.165) is 36.3 Å². The highest BCUT2D eigenvalue weighted by Crippen LogP contribution is 2.22. The Labute approximate surface area is 192 Å². The van der Waals surface area contributed by atoms with Gasteiger partial charge < -0.3 is 15.0 Å². The molecule has 7 heteroatoms. The monoisotopic (exact) mass is 451 g/mol. The summed E-state index contributed by atoms with van der Waals surface area (Å²) in [7, 11) is 1.63. The zero-order chi connectivity index (χ0) is 22.9. The quantitative estimate of drug-likeness (QED) is 0.338. The number of unbranched alkanes of at least 4 members (excludes halogenated alkanes) is 1. The van der Waals surface area contributed by atoms with Crippen LogP contribution in [0.1, 0.15) is 42.1 Å². The second kappa shape index (κ2) is 11.5. The maximum absolute atomic E-state index is 12.6. The molecule has 32 heavy (non-hydrogen) atoms. The molecule has 0 fully saturated rings. The SMILES string of the molecule is CCCCc1ccc(NC(=O)Cc2c(C)nc(SCc3cccc(OC)c3)[nH]c2=O)cc1. The van der Waals surface area contributed by atoms with E-state index < -0.39 is 0 Å². The van der Waals surface area contributed by atoms with Gasteiger partial charge in [-0.3, -0.25) is 9.59 Å². The van der Waals surface area contributed by atoms with Crippen molar-refractivity contribution in [2.45, 2.75) is 50.4 Å². The number of benzene rings is 2. The zero-order valence-corrected chi connectivity index (χ0v) is 19.6. The standard InChI is InChI=1S/C25H29N3O3S/c1-4-5-7-18-10-12-20(13-11-18)27-23(29)15-22-17(2)26-25(28-24(22)30)32-16-19-8-6-9-21(14-19)31-3/h6,8-14H,4-5,7,15-16H2,1-3H3,(H,27,29)(H,26,28,30). The molecule has 0 radical (unpaired) electrons. The molecule has 1 aromatic heterocycles. The number of aryl methyl sites for hydroxylation is 2. The van der Waals surface area contributed by atoms with Gasteiger partial charge in [-0.05, 0) is 55.2 Å². The Bertz CT molecular complexity index is 1110. The smallest absolute Gasteiger partial charge is 0.255 e. The van der Waals surface area contributed by atoms with E-state index >= 15 is 0 Å². The van der Waals surface area contributed by atoms with Crippen molar-refractivity contribution in [2.24, 2.45) is 0 Å². The predicted octanol–water partition coefficient (Wildman–Crippen LogP) is 4.90. The largest absolute Gasteiger partial charge is 0.497 e. The molecular weight excluding hydrogens is 422 g/mol. The van der Waals surface area contributed by atoms with Crippen LogP contribution in [0.15, 0.2) is 58.5 Å². The van der Waals surface area contributed by atoms with Crippen LogP contribution in [-0.4, -0.2) is 23.0 Å². The molecule has 2 aromatic carbocycles. The lowest BCUT2D eigenvalue weighted by atomic mass is 10.1. The summed E-state index contributed by atoms with van der Waals surface area (Å²) in [6.45, 7) is 3.93. The van der Waals surface area contributed by atoms with Crippen molar-refractivity contribution in [1.29, 1.82) is 0 Å². The summed E-state index contributed by atoms with van der Waals surface area (Å²) >= 11 is 1.44. The van der Waals surface area contributed by atoms with Gasteiger partial charge in [-0.15, -0.1) is 0 Å². The first-order chi connectivity index (χ1) is 15.5. The Morgan fingerprint density at radius 3 is 2.62 bits per heavy atom. The molecule has 1 heterocycles. The normalized spacial score (nSPS) is 10.7. The molecule has 6 nitrogen and oxygen atoms in total. The number of nitrogens with one attached hydrogen (secondary N) is 2. The van der Waals surface area contributed by atoms with Crippen LogP contribution < -0.4 is 15.6 Å². The van der Waals surface area contributed by atoms with Crippen molar-refractivity contribution in [3.05, 3.63) is 81.3 Å². The lowest BCUT2D eigenvalue weighted by molar-refractivity contribution is -0.115. The van der Waals surface area contributed by atoms with Crippen LogP contribution >= 0.6 is 11.8 Å². The van der Waals surface area contributed by atoms with Gasteiger partial charge >= 0.3 is 0 Å². The van der Waals surface area contributed by atoms with E-state index in [9.17, 15) is 9.59 Å². The van der Waals surface area contributed by atoms with Gasteiger partial charge in [0.25, 0.3) is 5.56 Å². The topological polar surface area (TPSA) is 84.1 Å². The van der Waals surface area contributed by atoms with Gasteiger partial charge in [0, 0.05) is 22.7 Å². The molecule has 0 saturated heterocycles. The van der Waals surface area contributed by atoms with Gasteiger partial charge in [0.05, 0.1) is 13.5 Å². The van der Waals surface area contributed by atoms with Crippen molar-refractivity contribution < 1.29 is 9.53 Å². The zero-order valence-electron chi connectivity index (χ0n) is 18.7. The molecular formula is C25H29N3O3S. The molecule has 0 aliphatic heterocycles. The van der Waals surface area contributed by atoms with Crippen molar-refractivity contribution in [3.8, 4) is 5.75 Å². The predicted molar refractivity (Wildman–Crippen MR) is 130 cm³/mol. The van der Waals surface area contributed by atoms with E-state index in [1.54, 1.807) is 14.0 Å². The maximum atomic E-state index is 12.6. The van der Waals surface area contributed by atoms with E-state index in [-0.39, 0.29) is 17.9 Å². The van der Waals surface area contributed by atoms with Gasteiger partial charge in [-0.1, -0.05) is 49.4 Å². The summed E-state index contributed by atoms with van der Waals surface area (Å²) in [5.74, 6) is 1.20. The number of nitrogens with zero attached hydrogens (tertiary/aromatic N) is 1. The Kier molecular flexibility index (Phi) is 8.50. The number of carbonyl (C=O) groups excluding carboxylic acids is 1. The third-order valence-corrected chi connectivity index (χ3v) is 6.05. The highest BCUT2D eigenvalue weighted by molar-refractivity contribution is 7.98. The van der Waals surface area contributed by atoms with Crippen LogP contribution in [0.25, 0.3) is 0 Å². The van der Waals surface area contributed by atoms with Crippen molar-refractivity contribution in [3.63, 3.8) is 0 Å². The molecule has 3 rings (SSSR count). The average molecular weight is 452 g/mol. The number of H-pyrrole nitrogens is 1. The number of carbonyl (C=O) groups is 1. The van der Waals surface area contributed by atoms with Crippen LogP contribution in [0.4, 0.5) is 5.69 Å². The average Bonchev–Trinajstić information content (AvgIpc) is 2.80. The fourth-order valence-corrected chi connectivity index (χ4v) is 4.13. The van der Waals surface area contributed by atoms with Crippen LogP contribution in [0.5, 0.6) is 5.75 Å². The fourth-order valence-electron chi connectivity index (χ4n) is 3.28. The summed E-state index contributed by atoms with van der Waals surface area (Å²) in [4.78, 5) is 32.4. The third-order valence-electron chi connectivity index (χ3n) is 5.10. The van der Waals surface area contributed by atoms with Crippen LogP contribution in [0.3, 0.4) is 0 Å². The molecule has 3 aromatic rings. The summed E-state index contributed by atoms with van der Waals surface area (Å²) in [5.41, 5.74) is 3.71. The van der Waals surface area contributed by atoms with Crippen molar-refractivity contribution in [2.75, 3.05) is 12.4 Å². The fraction of sp³-hybridized carbons (Fsp3) is 0.320. The molecule has 2 N–H and O–H groups in total. The van der Waals surface area contributed by atoms with E-state index in [4.69, 9.17) is 4.74 Å². The number of amides is 1. The number of rotatable bonds is 10. The molecule has 0 atom stereocenters. The highest BCUT2D eigenvalue weighted by Gasteiger charge is 2.13.